The largest absolute Gasteiger partial charge is 0.385 e. The molecule has 0 radical (unpaired) electrons. The van der Waals surface area contributed by atoms with Crippen molar-refractivity contribution < 1.29 is 18.3 Å². The van der Waals surface area contributed by atoms with E-state index in [1.807, 2.05) is 0 Å². The Balaban J connectivity index is 2.49. The van der Waals surface area contributed by atoms with Gasteiger partial charge in [0.1, 0.15) is 17.5 Å². The SMILES string of the molecule is CCC(O)(Cc1c(F)ccc(Br)c1F)c1ccccc1F. The van der Waals surface area contributed by atoms with Crippen molar-refractivity contribution in [2.45, 2.75) is 25.4 Å². The fourth-order valence-electron chi connectivity index (χ4n) is 2.27. The van der Waals surface area contributed by atoms with Gasteiger partial charge in [-0.15, -0.1) is 0 Å². The minimum atomic E-state index is -1.67. The predicted octanol–water partition coefficient (Wildman–Crippen LogP) is 4.71. The van der Waals surface area contributed by atoms with Crippen LogP contribution < -0.4 is 0 Å². The number of halogens is 4. The van der Waals surface area contributed by atoms with E-state index in [1.165, 1.54) is 24.3 Å². The molecule has 1 N–H and O–H groups in total. The highest BCUT2D eigenvalue weighted by atomic mass is 79.9. The van der Waals surface area contributed by atoms with Crippen LogP contribution in [0, 0.1) is 17.5 Å². The van der Waals surface area contributed by atoms with Crippen molar-refractivity contribution in [3.05, 3.63) is 69.4 Å². The number of benzene rings is 2. The molecule has 2 aromatic rings. The highest BCUT2D eigenvalue weighted by Gasteiger charge is 2.32. The summed E-state index contributed by atoms with van der Waals surface area (Å²) < 4.78 is 41.9. The van der Waals surface area contributed by atoms with E-state index in [-0.39, 0.29) is 28.4 Å². The van der Waals surface area contributed by atoms with Crippen molar-refractivity contribution in [2.24, 2.45) is 0 Å². The molecule has 1 atom stereocenters. The van der Waals surface area contributed by atoms with Gasteiger partial charge in [-0.25, -0.2) is 13.2 Å². The molecular formula is C16H14BrF3O. The second-order valence-electron chi connectivity index (χ2n) is 4.86. The Morgan fingerprint density at radius 2 is 1.71 bits per heavy atom. The van der Waals surface area contributed by atoms with Gasteiger partial charge in [0.25, 0.3) is 0 Å². The average Bonchev–Trinajstić information content (AvgIpc) is 2.48. The summed E-state index contributed by atoms with van der Waals surface area (Å²) in [5.41, 5.74) is -1.91. The maximum Gasteiger partial charge on any atom is 0.143 e. The van der Waals surface area contributed by atoms with Crippen molar-refractivity contribution in [2.75, 3.05) is 0 Å². The summed E-state index contributed by atoms with van der Waals surface area (Å²) in [6.45, 7) is 1.64. The van der Waals surface area contributed by atoms with Crippen LogP contribution in [0.1, 0.15) is 24.5 Å². The van der Waals surface area contributed by atoms with Gasteiger partial charge in [-0.1, -0.05) is 25.1 Å². The Bertz CT molecular complexity index is 660. The average molecular weight is 359 g/mol. The fraction of sp³-hybridized carbons (Fsp3) is 0.250. The van der Waals surface area contributed by atoms with Crippen molar-refractivity contribution in [1.82, 2.24) is 0 Å². The highest BCUT2D eigenvalue weighted by molar-refractivity contribution is 9.10. The van der Waals surface area contributed by atoms with Gasteiger partial charge in [-0.05, 0) is 40.5 Å². The normalized spacial score (nSPS) is 14.0. The van der Waals surface area contributed by atoms with Crippen LogP contribution in [0.3, 0.4) is 0 Å². The molecule has 0 aliphatic rings. The quantitative estimate of drug-likeness (QED) is 0.785. The summed E-state index contributed by atoms with van der Waals surface area (Å²) in [5.74, 6) is -2.14. The summed E-state index contributed by atoms with van der Waals surface area (Å²) in [6.07, 6.45) is -0.221. The van der Waals surface area contributed by atoms with Gasteiger partial charge in [0.2, 0.25) is 0 Å². The van der Waals surface area contributed by atoms with Crippen LogP contribution in [0.15, 0.2) is 40.9 Å². The smallest absolute Gasteiger partial charge is 0.143 e. The molecule has 0 aromatic heterocycles. The second kappa shape index (κ2) is 6.20. The lowest BCUT2D eigenvalue weighted by atomic mass is 9.84. The molecule has 2 rings (SSSR count). The van der Waals surface area contributed by atoms with Crippen molar-refractivity contribution in [1.29, 1.82) is 0 Å². The van der Waals surface area contributed by atoms with Crippen LogP contribution in [0.2, 0.25) is 0 Å². The molecule has 1 nitrogen and oxygen atoms in total. The first-order valence-corrected chi connectivity index (χ1v) is 7.28. The fourth-order valence-corrected chi connectivity index (χ4v) is 2.64. The lowest BCUT2D eigenvalue weighted by Crippen LogP contribution is -2.30. The zero-order valence-electron chi connectivity index (χ0n) is 11.3. The molecular weight excluding hydrogens is 345 g/mol. The zero-order chi connectivity index (χ0) is 15.6. The monoisotopic (exact) mass is 358 g/mol. The minimum Gasteiger partial charge on any atom is -0.385 e. The lowest BCUT2D eigenvalue weighted by Gasteiger charge is -2.28. The summed E-state index contributed by atoms with van der Waals surface area (Å²) in [6, 6.07) is 8.07. The predicted molar refractivity (Wildman–Crippen MR) is 78.3 cm³/mol. The molecule has 0 amide bonds. The first-order chi connectivity index (χ1) is 9.89. The first-order valence-electron chi connectivity index (χ1n) is 6.49. The van der Waals surface area contributed by atoms with Gasteiger partial charge >= 0.3 is 0 Å². The molecule has 112 valence electrons. The third kappa shape index (κ3) is 3.14. The summed E-state index contributed by atoms with van der Waals surface area (Å²) >= 11 is 2.98. The molecule has 0 fully saturated rings. The summed E-state index contributed by atoms with van der Waals surface area (Å²) in [4.78, 5) is 0. The van der Waals surface area contributed by atoms with Gasteiger partial charge in [-0.3, -0.25) is 0 Å². The molecule has 5 heteroatoms. The molecule has 2 aromatic carbocycles. The highest BCUT2D eigenvalue weighted by Crippen LogP contribution is 2.34. The van der Waals surface area contributed by atoms with E-state index in [4.69, 9.17) is 0 Å². The maximum atomic E-state index is 14.1. The zero-order valence-corrected chi connectivity index (χ0v) is 12.9. The van der Waals surface area contributed by atoms with E-state index in [9.17, 15) is 18.3 Å². The molecule has 0 heterocycles. The number of rotatable bonds is 4. The Morgan fingerprint density at radius 1 is 1.05 bits per heavy atom. The maximum absolute atomic E-state index is 14.1. The number of hydrogen-bond acceptors (Lipinski definition) is 1. The minimum absolute atomic E-state index is 0.0336. The number of aliphatic hydroxyl groups is 1. The lowest BCUT2D eigenvalue weighted by molar-refractivity contribution is 0.0274. The Morgan fingerprint density at radius 3 is 2.33 bits per heavy atom. The topological polar surface area (TPSA) is 20.2 Å². The van der Waals surface area contributed by atoms with Gasteiger partial charge in [0.05, 0.1) is 10.1 Å². The van der Waals surface area contributed by atoms with Crippen molar-refractivity contribution in [3.63, 3.8) is 0 Å². The van der Waals surface area contributed by atoms with E-state index in [1.54, 1.807) is 13.0 Å². The molecule has 0 saturated carbocycles. The molecule has 21 heavy (non-hydrogen) atoms. The molecule has 0 spiro atoms. The molecule has 0 bridgehead atoms. The Labute approximate surface area is 129 Å². The van der Waals surface area contributed by atoms with Crippen LogP contribution in [0.4, 0.5) is 13.2 Å². The number of hydrogen-bond donors (Lipinski definition) is 1. The Kier molecular flexibility index (Phi) is 4.74. The third-order valence-electron chi connectivity index (χ3n) is 3.57. The van der Waals surface area contributed by atoms with E-state index in [0.29, 0.717) is 0 Å². The van der Waals surface area contributed by atoms with E-state index < -0.39 is 23.1 Å². The van der Waals surface area contributed by atoms with Crippen LogP contribution in [-0.4, -0.2) is 5.11 Å². The van der Waals surface area contributed by atoms with Crippen LogP contribution in [0.25, 0.3) is 0 Å². The molecule has 0 aliphatic heterocycles. The second-order valence-corrected chi connectivity index (χ2v) is 5.72. The summed E-state index contributed by atoms with van der Waals surface area (Å²) in [5, 5.41) is 10.7. The van der Waals surface area contributed by atoms with E-state index in [2.05, 4.69) is 15.9 Å². The van der Waals surface area contributed by atoms with Crippen molar-refractivity contribution in [3.8, 4) is 0 Å². The van der Waals surface area contributed by atoms with Crippen LogP contribution >= 0.6 is 15.9 Å². The van der Waals surface area contributed by atoms with Crippen LogP contribution in [-0.2, 0) is 12.0 Å². The first kappa shape index (κ1) is 16.0. The third-order valence-corrected chi connectivity index (χ3v) is 4.18. The molecule has 1 unspecified atom stereocenters. The van der Waals surface area contributed by atoms with Gasteiger partial charge in [-0.2, -0.15) is 0 Å². The van der Waals surface area contributed by atoms with Gasteiger partial charge < -0.3 is 5.11 Å². The van der Waals surface area contributed by atoms with E-state index >= 15 is 0 Å². The van der Waals surface area contributed by atoms with E-state index in [0.717, 1.165) is 6.07 Å². The molecule has 0 saturated heterocycles. The standard InChI is InChI=1S/C16H14BrF3O/c1-2-16(21,11-5-3-4-6-14(11)19)9-10-13(18)8-7-12(17)15(10)20/h3-8,21H,2,9H2,1H3. The van der Waals surface area contributed by atoms with Crippen LogP contribution in [0.5, 0.6) is 0 Å². The summed E-state index contributed by atoms with van der Waals surface area (Å²) in [7, 11) is 0. The van der Waals surface area contributed by atoms with Gasteiger partial charge in [0.15, 0.2) is 0 Å². The Hall–Kier alpha value is -1.33. The van der Waals surface area contributed by atoms with Gasteiger partial charge in [0, 0.05) is 17.5 Å². The molecule has 0 aliphatic carbocycles. The van der Waals surface area contributed by atoms with Crippen molar-refractivity contribution >= 4 is 15.9 Å².